The van der Waals surface area contributed by atoms with Gasteiger partial charge in [0.2, 0.25) is 0 Å². The highest BCUT2D eigenvalue weighted by atomic mass is 19.1. The minimum absolute atomic E-state index is 0.165. The SMILES string of the molecule is Fc1ccc2c(c1)c1c(n2-c2cccc(-c3cc(-c4ccccc4)nc(-c4ccccc4)c3)c2)CCCCCC1.c1ccc(-c2c(-c3ccc(-n4c5c(c6ccccc64)CCCCC5)cc3)nc3ccccn23)cc1.c1ccc(-c2nc3ccccn3c2-c2ccc(-n3c4c(c5ccccc53)CCCCC4)cc2)cc1.c1ccc2c(c1)c1c(n2-c2ccc(-c3cn4ccccc4n3)cc2)CCCCC1. The average Bonchev–Trinajstić information content (AvgIpc) is 1.62. The highest BCUT2D eigenvalue weighted by Crippen LogP contribution is 2.44. The Labute approximate surface area is 810 Å². The lowest BCUT2D eigenvalue weighted by atomic mass is 9.96. The van der Waals surface area contributed by atoms with Gasteiger partial charge in [0, 0.05) is 131 Å². The fourth-order valence-electron chi connectivity index (χ4n) is 22.6. The van der Waals surface area contributed by atoms with Gasteiger partial charge in [-0.2, -0.15) is 0 Å². The van der Waals surface area contributed by atoms with E-state index in [-0.39, 0.29) is 5.82 Å². The first-order valence-corrected chi connectivity index (χ1v) is 50.1. The molecular formula is C127H108FN11. The quantitative estimate of drug-likeness (QED) is 0.114. The highest BCUT2D eigenvalue weighted by Gasteiger charge is 2.28. The second-order valence-corrected chi connectivity index (χ2v) is 37.7. The molecule has 11 nitrogen and oxygen atoms in total. The van der Waals surface area contributed by atoms with Crippen molar-refractivity contribution in [1.29, 1.82) is 0 Å². The third kappa shape index (κ3) is 16.7. The zero-order chi connectivity index (χ0) is 92.5. The van der Waals surface area contributed by atoms with Crippen molar-refractivity contribution in [3.63, 3.8) is 0 Å². The van der Waals surface area contributed by atoms with Gasteiger partial charge >= 0.3 is 0 Å². The number of aryl methyl sites for hydroxylation is 4. The van der Waals surface area contributed by atoms with Crippen LogP contribution in [-0.4, -0.2) is 51.4 Å². The topological polar surface area (TPSA) is 84.5 Å². The molecule has 0 amide bonds. The van der Waals surface area contributed by atoms with Crippen molar-refractivity contribution in [3.8, 4) is 113 Å². The van der Waals surface area contributed by atoms with Crippen LogP contribution in [0.3, 0.4) is 0 Å². The summed E-state index contributed by atoms with van der Waals surface area (Å²) >= 11 is 0. The van der Waals surface area contributed by atoms with Crippen LogP contribution >= 0.6 is 0 Å². The Balaban J connectivity index is 0.000000101. The zero-order valence-corrected chi connectivity index (χ0v) is 78.3. The number of imidazole rings is 3. The molecule has 0 saturated heterocycles. The maximum absolute atomic E-state index is 14.4. The normalized spacial score (nSPS) is 13.8. The van der Waals surface area contributed by atoms with Gasteiger partial charge < -0.3 is 22.7 Å². The maximum atomic E-state index is 14.4. The molecule has 0 radical (unpaired) electrons. The molecule has 23 aromatic rings. The van der Waals surface area contributed by atoms with Gasteiger partial charge in [-0.3, -0.25) is 8.80 Å². The lowest BCUT2D eigenvalue weighted by Crippen LogP contribution is -2.05. The Morgan fingerprint density at radius 3 is 1.02 bits per heavy atom. The molecule has 0 spiro atoms. The molecule has 12 heteroatoms. The largest absolute Gasteiger partial charge is 0.313 e. The summed E-state index contributed by atoms with van der Waals surface area (Å²) in [5.74, 6) is -0.165. The second kappa shape index (κ2) is 38.3. The van der Waals surface area contributed by atoms with E-state index in [1.807, 2.05) is 54.7 Å². The fraction of sp³-hybridized carbons (Fsp3) is 0.165. The highest BCUT2D eigenvalue weighted by molar-refractivity contribution is 5.93. The number of para-hydroxylation sites is 3. The molecular weight excluding hydrogens is 1700 g/mol. The van der Waals surface area contributed by atoms with E-state index in [0.717, 1.165) is 157 Å². The van der Waals surface area contributed by atoms with Crippen LogP contribution < -0.4 is 0 Å². The number of halogens is 1. The van der Waals surface area contributed by atoms with Gasteiger partial charge in [-0.25, -0.2) is 24.3 Å². The number of rotatable bonds is 12. The van der Waals surface area contributed by atoms with Crippen molar-refractivity contribution >= 4 is 60.6 Å². The predicted octanol–water partition coefficient (Wildman–Crippen LogP) is 31.8. The molecule has 139 heavy (non-hydrogen) atoms. The summed E-state index contributed by atoms with van der Waals surface area (Å²) in [5.41, 5.74) is 42.1. The monoisotopic (exact) mass is 1810 g/mol. The molecule has 0 aliphatic heterocycles. The van der Waals surface area contributed by atoms with Crippen LogP contribution in [0.25, 0.3) is 173 Å². The molecule has 678 valence electrons. The Bertz CT molecular complexity index is 8300. The molecule has 4 aliphatic rings. The van der Waals surface area contributed by atoms with Crippen LogP contribution in [0.15, 0.2) is 401 Å². The van der Waals surface area contributed by atoms with E-state index in [1.165, 1.54) is 179 Å². The number of fused-ring (bicyclic) bond motifs is 15. The van der Waals surface area contributed by atoms with E-state index in [9.17, 15) is 4.39 Å². The number of benzene rings is 12. The third-order valence-corrected chi connectivity index (χ3v) is 29.2. The van der Waals surface area contributed by atoms with E-state index in [2.05, 4.69) is 366 Å². The molecule has 0 fully saturated rings. The molecule has 0 N–H and O–H groups in total. The standard InChI is InChI=1S/C37H31FN2.2C32H27N3.C26H23N3/c38-30-20-21-37-33(25-30)32-18-9-1-2-10-19-36(32)40(37)31-17-11-16-28(22-31)29-23-34(26-12-5-3-6-13-26)39-35(24-29)27-14-7-4-8-15-27;1-3-11-24(12-4-1)32-31(33-30-17-9-10-22-34(30)32)23-18-20-25(21-19-23)35-28-15-6-2-5-13-26(28)27-14-7-8-16-29(27)35;1-3-11-23(12-4-1)31-32(34-22-10-9-17-30(34)33-31)24-18-20-25(21-19-24)35-28-15-6-2-5-13-26(28)27-14-7-8-16-29(27)35;1-2-8-21-22-9-4-5-11-25(22)29(24(21)10-3-1)20-15-13-19(14-16-20)23-18-28-17-7-6-12-26(28)27-23/h3-8,11-17,20-25H,1-2,9-10,18-19H2;2*1,3-4,7-12,14,16-22H,2,5-6,13,15H2;4-7,9,11-18H,1-3,8,10H2. The van der Waals surface area contributed by atoms with E-state index in [0.29, 0.717) is 0 Å². The number of pyridine rings is 4. The minimum atomic E-state index is -0.165. The summed E-state index contributed by atoms with van der Waals surface area (Å²) in [4.78, 5) is 19.9. The first-order valence-electron chi connectivity index (χ1n) is 50.1. The average molecular weight is 1810 g/mol. The van der Waals surface area contributed by atoms with E-state index >= 15 is 0 Å². The third-order valence-electron chi connectivity index (χ3n) is 29.2. The smallest absolute Gasteiger partial charge is 0.137 e. The van der Waals surface area contributed by atoms with Gasteiger partial charge in [-0.05, 0) is 270 Å². The summed E-state index contributed by atoms with van der Waals surface area (Å²) in [7, 11) is 0. The molecule has 12 aromatic carbocycles. The first-order chi connectivity index (χ1) is 68.9. The molecule has 4 aliphatic carbocycles. The maximum Gasteiger partial charge on any atom is 0.137 e. The van der Waals surface area contributed by atoms with E-state index in [4.69, 9.17) is 19.9 Å². The Morgan fingerprint density at radius 2 is 0.554 bits per heavy atom. The lowest BCUT2D eigenvalue weighted by molar-refractivity contribution is 0.608. The predicted molar refractivity (Wildman–Crippen MR) is 570 cm³/mol. The Kier molecular flexibility index (Phi) is 23.6. The molecule has 0 bridgehead atoms. The van der Waals surface area contributed by atoms with Crippen LogP contribution in [0.5, 0.6) is 0 Å². The number of hydrogen-bond acceptors (Lipinski definition) is 4. The first kappa shape index (κ1) is 85.8. The van der Waals surface area contributed by atoms with Crippen LogP contribution in [0.1, 0.15) is 129 Å². The number of hydrogen-bond donors (Lipinski definition) is 0. The van der Waals surface area contributed by atoms with Gasteiger partial charge in [-0.1, -0.05) is 275 Å². The molecule has 0 atom stereocenters. The van der Waals surface area contributed by atoms with Crippen molar-refractivity contribution in [1.82, 2.24) is 51.4 Å². The van der Waals surface area contributed by atoms with Crippen LogP contribution in [0, 0.1) is 5.82 Å². The Morgan fingerprint density at radius 1 is 0.209 bits per heavy atom. The summed E-state index contributed by atoms with van der Waals surface area (Å²) in [6, 6.07) is 132. The van der Waals surface area contributed by atoms with Gasteiger partial charge in [0.1, 0.15) is 22.8 Å². The lowest BCUT2D eigenvalue weighted by Gasteiger charge is -2.16. The summed E-state index contributed by atoms with van der Waals surface area (Å²) in [6.45, 7) is 0. The summed E-state index contributed by atoms with van der Waals surface area (Å²) in [6.07, 6.45) is 33.9. The fourth-order valence-corrected chi connectivity index (χ4v) is 22.6. The molecule has 11 aromatic heterocycles. The zero-order valence-electron chi connectivity index (χ0n) is 78.3. The van der Waals surface area contributed by atoms with Gasteiger partial charge in [-0.15, -0.1) is 0 Å². The summed E-state index contributed by atoms with van der Waals surface area (Å²) in [5, 5.41) is 5.32. The molecule has 0 saturated carbocycles. The van der Waals surface area contributed by atoms with Crippen LogP contribution in [0.4, 0.5) is 4.39 Å². The Hall–Kier alpha value is -16.1. The second-order valence-electron chi connectivity index (χ2n) is 37.7. The molecule has 0 unspecified atom stereocenters. The van der Waals surface area contributed by atoms with E-state index < -0.39 is 0 Å². The van der Waals surface area contributed by atoms with Crippen molar-refractivity contribution < 1.29 is 4.39 Å². The summed E-state index contributed by atoms with van der Waals surface area (Å²) < 4.78 is 30.8. The van der Waals surface area contributed by atoms with Crippen LogP contribution in [-0.2, 0) is 51.4 Å². The van der Waals surface area contributed by atoms with Gasteiger partial charge in [0.25, 0.3) is 0 Å². The minimum Gasteiger partial charge on any atom is -0.313 e. The molecule has 11 heterocycles. The van der Waals surface area contributed by atoms with Crippen LogP contribution in [0.2, 0.25) is 0 Å². The van der Waals surface area contributed by atoms with Crippen molar-refractivity contribution in [2.75, 3.05) is 0 Å². The van der Waals surface area contributed by atoms with Crippen molar-refractivity contribution in [2.45, 2.75) is 135 Å². The van der Waals surface area contributed by atoms with Gasteiger partial charge in [0.15, 0.2) is 0 Å². The van der Waals surface area contributed by atoms with Crippen molar-refractivity contribution in [2.24, 2.45) is 0 Å². The van der Waals surface area contributed by atoms with Gasteiger partial charge in [0.05, 0.1) is 61.9 Å². The number of aromatic nitrogens is 11. The van der Waals surface area contributed by atoms with Crippen molar-refractivity contribution in [3.05, 3.63) is 452 Å². The number of nitrogens with zero attached hydrogens (tertiary/aromatic N) is 11. The van der Waals surface area contributed by atoms with E-state index in [1.54, 1.807) is 28.8 Å². The molecule has 27 rings (SSSR count).